The van der Waals surface area contributed by atoms with Crippen LogP contribution in [0.1, 0.15) is 71.1 Å². The normalized spacial score (nSPS) is 21.9. The van der Waals surface area contributed by atoms with Gasteiger partial charge >= 0.3 is 0 Å². The highest BCUT2D eigenvalue weighted by molar-refractivity contribution is 7.63. The molecule has 0 heterocycles. The van der Waals surface area contributed by atoms with Gasteiger partial charge in [-0.05, 0) is 25.9 Å². The predicted octanol–water partition coefficient (Wildman–Crippen LogP) is 5.28. The van der Waals surface area contributed by atoms with Gasteiger partial charge in [0.1, 0.15) is 0 Å². The molecule has 0 spiro atoms. The highest BCUT2D eigenvalue weighted by atomic mass is 31.2. The molecular formula is C14H29OP. The zero-order valence-electron chi connectivity index (χ0n) is 11.2. The molecule has 0 aromatic rings. The van der Waals surface area contributed by atoms with Crippen molar-refractivity contribution in [3.05, 3.63) is 0 Å². The van der Waals surface area contributed by atoms with Gasteiger partial charge in [-0.2, -0.15) is 0 Å². The van der Waals surface area contributed by atoms with Crippen LogP contribution in [-0.4, -0.2) is 18.5 Å². The van der Waals surface area contributed by atoms with Gasteiger partial charge in [-0.15, -0.1) is 0 Å². The zero-order chi connectivity index (χ0) is 11.9. The lowest BCUT2D eigenvalue weighted by Crippen LogP contribution is -2.14. The molecule has 1 fully saturated rings. The summed E-state index contributed by atoms with van der Waals surface area (Å²) in [7, 11) is -1.82. The van der Waals surface area contributed by atoms with Crippen LogP contribution in [0, 0.1) is 0 Å². The van der Waals surface area contributed by atoms with Crippen LogP contribution in [-0.2, 0) is 4.57 Å². The Balaban J connectivity index is 2.19. The van der Waals surface area contributed by atoms with E-state index in [0.29, 0.717) is 5.66 Å². The van der Waals surface area contributed by atoms with Crippen molar-refractivity contribution in [2.24, 2.45) is 0 Å². The van der Waals surface area contributed by atoms with E-state index in [2.05, 4.69) is 13.6 Å². The van der Waals surface area contributed by atoms with Gasteiger partial charge in [0.2, 0.25) is 0 Å². The van der Waals surface area contributed by atoms with Crippen molar-refractivity contribution in [2.45, 2.75) is 76.8 Å². The molecule has 0 aromatic heterocycles. The minimum absolute atomic E-state index is 0.576. The maximum Gasteiger partial charge on any atom is 0.0877 e. The van der Waals surface area contributed by atoms with Gasteiger partial charge < -0.3 is 4.57 Å². The van der Waals surface area contributed by atoms with Crippen LogP contribution in [0.2, 0.25) is 0 Å². The van der Waals surface area contributed by atoms with E-state index < -0.39 is 7.14 Å². The first kappa shape index (κ1) is 14.3. The Bertz CT molecular complexity index is 219. The quantitative estimate of drug-likeness (QED) is 0.439. The SMILES string of the molecule is CCCCCCCP(C)(=O)C1CCCCC1. The van der Waals surface area contributed by atoms with E-state index in [1.54, 1.807) is 0 Å². The first-order valence-corrected chi connectivity index (χ1v) is 9.64. The topological polar surface area (TPSA) is 17.1 Å². The second-order valence-corrected chi connectivity index (χ2v) is 9.13. The molecule has 1 saturated carbocycles. The zero-order valence-corrected chi connectivity index (χ0v) is 12.1. The van der Waals surface area contributed by atoms with Gasteiger partial charge in [-0.25, -0.2) is 0 Å². The second kappa shape index (κ2) is 7.54. The van der Waals surface area contributed by atoms with Gasteiger partial charge in [0.05, 0.1) is 7.14 Å². The van der Waals surface area contributed by atoms with Crippen molar-refractivity contribution < 1.29 is 4.57 Å². The Kier molecular flexibility index (Phi) is 6.73. The van der Waals surface area contributed by atoms with Gasteiger partial charge in [-0.1, -0.05) is 51.9 Å². The number of hydrogen-bond donors (Lipinski definition) is 0. The maximum absolute atomic E-state index is 12.6. The molecule has 0 saturated heterocycles. The first-order valence-electron chi connectivity index (χ1n) is 7.23. The summed E-state index contributed by atoms with van der Waals surface area (Å²) in [4.78, 5) is 0. The summed E-state index contributed by atoms with van der Waals surface area (Å²) in [5.41, 5.74) is 0.576. The second-order valence-electron chi connectivity index (χ2n) is 5.60. The van der Waals surface area contributed by atoms with Crippen molar-refractivity contribution in [2.75, 3.05) is 12.8 Å². The fraction of sp³-hybridized carbons (Fsp3) is 1.00. The van der Waals surface area contributed by atoms with Crippen LogP contribution >= 0.6 is 7.14 Å². The Morgan fingerprint density at radius 3 is 2.25 bits per heavy atom. The Morgan fingerprint density at radius 2 is 1.62 bits per heavy atom. The molecule has 16 heavy (non-hydrogen) atoms. The average molecular weight is 244 g/mol. The third-order valence-electron chi connectivity index (χ3n) is 4.05. The largest absolute Gasteiger partial charge is 0.324 e. The Morgan fingerprint density at radius 1 is 1.00 bits per heavy atom. The van der Waals surface area contributed by atoms with Crippen LogP contribution in [0.3, 0.4) is 0 Å². The third-order valence-corrected chi connectivity index (χ3v) is 7.32. The van der Waals surface area contributed by atoms with Gasteiger partial charge in [0, 0.05) is 11.8 Å². The van der Waals surface area contributed by atoms with Gasteiger partial charge in [0.15, 0.2) is 0 Å². The molecule has 1 aliphatic rings. The molecule has 0 amide bonds. The van der Waals surface area contributed by atoms with E-state index in [1.807, 2.05) is 0 Å². The molecule has 0 aliphatic heterocycles. The lowest BCUT2D eigenvalue weighted by atomic mass is 10.0. The number of hydrogen-bond acceptors (Lipinski definition) is 1. The molecule has 1 unspecified atom stereocenters. The number of unbranched alkanes of at least 4 members (excludes halogenated alkanes) is 4. The van der Waals surface area contributed by atoms with Crippen LogP contribution in [0.15, 0.2) is 0 Å². The first-order chi connectivity index (χ1) is 7.67. The standard InChI is InChI=1S/C14H29OP/c1-3-4-5-6-10-13-16(2,15)14-11-8-7-9-12-14/h14H,3-13H2,1-2H3. The average Bonchev–Trinajstić information content (AvgIpc) is 2.30. The fourth-order valence-electron chi connectivity index (χ4n) is 2.84. The van der Waals surface area contributed by atoms with Crippen LogP contribution in [0.4, 0.5) is 0 Å². The summed E-state index contributed by atoms with van der Waals surface area (Å²) < 4.78 is 12.6. The monoisotopic (exact) mass is 244 g/mol. The van der Waals surface area contributed by atoms with E-state index in [1.165, 1.54) is 64.2 Å². The van der Waals surface area contributed by atoms with E-state index >= 15 is 0 Å². The van der Waals surface area contributed by atoms with Crippen molar-refractivity contribution in [1.29, 1.82) is 0 Å². The lowest BCUT2D eigenvalue weighted by molar-refractivity contribution is 0.483. The van der Waals surface area contributed by atoms with Crippen molar-refractivity contribution in [3.63, 3.8) is 0 Å². The molecule has 1 aliphatic carbocycles. The van der Waals surface area contributed by atoms with Crippen LogP contribution in [0.5, 0.6) is 0 Å². The molecule has 96 valence electrons. The highest BCUT2D eigenvalue weighted by Crippen LogP contribution is 2.52. The summed E-state index contributed by atoms with van der Waals surface area (Å²) in [6, 6.07) is 0. The predicted molar refractivity (Wildman–Crippen MR) is 74.0 cm³/mol. The van der Waals surface area contributed by atoms with Crippen molar-refractivity contribution in [1.82, 2.24) is 0 Å². The van der Waals surface area contributed by atoms with E-state index in [4.69, 9.17) is 0 Å². The minimum atomic E-state index is -1.82. The van der Waals surface area contributed by atoms with Gasteiger partial charge in [0.25, 0.3) is 0 Å². The summed E-state index contributed by atoms with van der Waals surface area (Å²) in [6.45, 7) is 4.32. The molecule has 0 radical (unpaired) electrons. The molecule has 0 bridgehead atoms. The molecular weight excluding hydrogens is 215 g/mol. The van der Waals surface area contributed by atoms with E-state index in [-0.39, 0.29) is 0 Å². The highest BCUT2D eigenvalue weighted by Gasteiger charge is 2.28. The molecule has 1 rings (SSSR count). The molecule has 0 N–H and O–H groups in total. The Hall–Kier alpha value is 0.230. The smallest absolute Gasteiger partial charge is 0.0877 e. The minimum Gasteiger partial charge on any atom is -0.324 e. The molecule has 2 heteroatoms. The van der Waals surface area contributed by atoms with Gasteiger partial charge in [-0.3, -0.25) is 0 Å². The molecule has 0 aromatic carbocycles. The van der Waals surface area contributed by atoms with Crippen LogP contribution in [0.25, 0.3) is 0 Å². The number of rotatable bonds is 7. The summed E-state index contributed by atoms with van der Waals surface area (Å²) in [5.74, 6) is 0. The van der Waals surface area contributed by atoms with Crippen molar-refractivity contribution in [3.8, 4) is 0 Å². The molecule has 1 nitrogen and oxygen atoms in total. The lowest BCUT2D eigenvalue weighted by Gasteiger charge is -2.28. The summed E-state index contributed by atoms with van der Waals surface area (Å²) in [6.07, 6.45) is 14.0. The fourth-order valence-corrected chi connectivity index (χ4v) is 5.51. The summed E-state index contributed by atoms with van der Waals surface area (Å²) in [5, 5.41) is 0. The van der Waals surface area contributed by atoms with Crippen molar-refractivity contribution >= 4 is 7.14 Å². The van der Waals surface area contributed by atoms with Crippen LogP contribution < -0.4 is 0 Å². The third kappa shape index (κ3) is 5.04. The molecule has 1 atom stereocenters. The Labute approximate surface area is 102 Å². The summed E-state index contributed by atoms with van der Waals surface area (Å²) >= 11 is 0. The maximum atomic E-state index is 12.6. The van der Waals surface area contributed by atoms with E-state index in [0.717, 1.165) is 6.16 Å². The van der Waals surface area contributed by atoms with E-state index in [9.17, 15) is 4.57 Å².